The van der Waals surface area contributed by atoms with Crippen LogP contribution in [0.4, 0.5) is 0 Å². The molecule has 0 aromatic heterocycles. The van der Waals surface area contributed by atoms with Crippen LogP contribution in [-0.2, 0) is 4.79 Å². The van der Waals surface area contributed by atoms with Gasteiger partial charge in [0.1, 0.15) is 0 Å². The zero-order valence-corrected chi connectivity index (χ0v) is 3.96. The molecule has 4 nitrogen and oxygen atoms in total. The lowest BCUT2D eigenvalue weighted by Gasteiger charge is -1.82. The summed E-state index contributed by atoms with van der Waals surface area (Å²) in [6, 6.07) is 0. The van der Waals surface area contributed by atoms with E-state index >= 15 is 0 Å². The lowest BCUT2D eigenvalue weighted by Crippen LogP contribution is -2.21. The number of nitrogens with two attached hydrogens (primary N) is 1. The highest BCUT2D eigenvalue weighted by atomic mass is 16.4. The Hall–Kier alpha value is -1.50. The molecule has 0 saturated heterocycles. The second-order valence-corrected chi connectivity index (χ2v) is 0.957. The molecular formula is C4H4N2O2. The summed E-state index contributed by atoms with van der Waals surface area (Å²) in [5.41, 5.74) is 4.12. The molecule has 1 amide bonds. The molecule has 42 valence electrons. The van der Waals surface area contributed by atoms with Gasteiger partial charge in [-0.25, -0.2) is 0 Å². The largest absolute Gasteiger partial charge is 0.410 e. The van der Waals surface area contributed by atoms with E-state index in [1.165, 1.54) is 0 Å². The summed E-state index contributed by atoms with van der Waals surface area (Å²) in [7, 11) is 0. The zero-order valence-electron chi connectivity index (χ0n) is 3.96. The van der Waals surface area contributed by atoms with Gasteiger partial charge in [0.25, 0.3) is 5.91 Å². The van der Waals surface area contributed by atoms with E-state index in [2.05, 4.69) is 17.3 Å². The van der Waals surface area contributed by atoms with Gasteiger partial charge >= 0.3 is 0 Å². The van der Waals surface area contributed by atoms with Crippen LogP contribution in [0.5, 0.6) is 0 Å². The predicted molar refractivity (Wildman–Crippen MR) is 27.2 cm³/mol. The fourth-order valence-electron chi connectivity index (χ4n) is 0.149. The van der Waals surface area contributed by atoms with E-state index in [0.717, 1.165) is 0 Å². The Kier molecular flexibility index (Phi) is 2.14. The summed E-state index contributed by atoms with van der Waals surface area (Å²) in [6.45, 7) is 0. The van der Waals surface area contributed by atoms with Gasteiger partial charge in [0, 0.05) is 0 Å². The van der Waals surface area contributed by atoms with Crippen molar-refractivity contribution in [1.82, 2.24) is 0 Å². The standard InChI is InChI=1S/C4H4N2O2/c1-2-3(6-8)4(5)7/h1,8H,(H2,5,7). The Morgan fingerprint density at radius 3 is 2.38 bits per heavy atom. The summed E-state index contributed by atoms with van der Waals surface area (Å²) in [5.74, 6) is 0.869. The summed E-state index contributed by atoms with van der Waals surface area (Å²) >= 11 is 0. The Balaban J connectivity index is 4.20. The molecular weight excluding hydrogens is 108 g/mol. The number of hydrogen-bond acceptors (Lipinski definition) is 3. The quantitative estimate of drug-likeness (QED) is 0.196. The molecule has 0 spiro atoms. The van der Waals surface area contributed by atoms with E-state index in [1.807, 2.05) is 0 Å². The van der Waals surface area contributed by atoms with Gasteiger partial charge in [0.15, 0.2) is 0 Å². The lowest BCUT2D eigenvalue weighted by atomic mass is 10.4. The van der Waals surface area contributed by atoms with Crippen LogP contribution in [-0.4, -0.2) is 16.8 Å². The van der Waals surface area contributed by atoms with Crippen LogP contribution in [0.2, 0.25) is 0 Å². The molecule has 0 radical (unpaired) electrons. The molecule has 0 bridgehead atoms. The minimum Gasteiger partial charge on any atom is -0.410 e. The Morgan fingerprint density at radius 2 is 2.38 bits per heavy atom. The Bertz CT molecular complexity index is 165. The monoisotopic (exact) mass is 112 g/mol. The number of nitrogens with zero attached hydrogens (tertiary/aromatic N) is 1. The predicted octanol–water partition coefficient (Wildman–Crippen LogP) is -1.06. The van der Waals surface area contributed by atoms with Crippen molar-refractivity contribution in [1.29, 1.82) is 0 Å². The van der Waals surface area contributed by atoms with Gasteiger partial charge in [0.2, 0.25) is 5.71 Å². The van der Waals surface area contributed by atoms with Crippen LogP contribution in [0, 0.1) is 12.3 Å². The van der Waals surface area contributed by atoms with Crippen LogP contribution in [0.1, 0.15) is 0 Å². The van der Waals surface area contributed by atoms with E-state index in [0.29, 0.717) is 0 Å². The first-order valence-corrected chi connectivity index (χ1v) is 1.71. The minimum absolute atomic E-state index is 0.468. The van der Waals surface area contributed by atoms with E-state index in [-0.39, 0.29) is 0 Å². The summed E-state index contributed by atoms with van der Waals surface area (Å²) in [4.78, 5) is 9.95. The van der Waals surface area contributed by atoms with Crippen LogP contribution < -0.4 is 5.73 Å². The SMILES string of the molecule is C#CC(=NO)C(N)=O. The van der Waals surface area contributed by atoms with Crippen molar-refractivity contribution >= 4 is 11.6 Å². The van der Waals surface area contributed by atoms with Crippen molar-refractivity contribution in [3.63, 3.8) is 0 Å². The number of primary amides is 1. The van der Waals surface area contributed by atoms with Gasteiger partial charge < -0.3 is 10.9 Å². The molecule has 0 rings (SSSR count). The van der Waals surface area contributed by atoms with Gasteiger partial charge in [0.05, 0.1) is 0 Å². The second kappa shape index (κ2) is 2.64. The van der Waals surface area contributed by atoms with E-state index in [9.17, 15) is 4.79 Å². The highest BCUT2D eigenvalue weighted by molar-refractivity contribution is 6.44. The maximum absolute atomic E-state index is 9.95. The van der Waals surface area contributed by atoms with Crippen LogP contribution in [0.25, 0.3) is 0 Å². The molecule has 0 atom stereocenters. The molecule has 0 fully saturated rings. The normalized spacial score (nSPS) is 10.1. The zero-order chi connectivity index (χ0) is 6.57. The topological polar surface area (TPSA) is 75.7 Å². The number of carbonyl (C=O) groups is 1. The van der Waals surface area contributed by atoms with Crippen LogP contribution in [0.15, 0.2) is 5.16 Å². The van der Waals surface area contributed by atoms with Gasteiger partial charge in [-0.15, -0.1) is 6.42 Å². The van der Waals surface area contributed by atoms with Crippen molar-refractivity contribution < 1.29 is 10.0 Å². The molecule has 3 N–H and O–H groups in total. The third-order valence-corrected chi connectivity index (χ3v) is 0.470. The molecule has 0 heterocycles. The van der Waals surface area contributed by atoms with Crippen molar-refractivity contribution in [2.75, 3.05) is 0 Å². The highest BCUT2D eigenvalue weighted by Crippen LogP contribution is 1.68. The summed E-state index contributed by atoms with van der Waals surface area (Å²) in [6.07, 6.45) is 4.64. The Labute approximate surface area is 46.0 Å². The smallest absolute Gasteiger partial charge is 0.279 e. The third-order valence-electron chi connectivity index (χ3n) is 0.470. The maximum Gasteiger partial charge on any atom is 0.279 e. The number of oxime groups is 1. The molecule has 0 unspecified atom stereocenters. The van der Waals surface area contributed by atoms with Gasteiger partial charge in [-0.3, -0.25) is 4.79 Å². The number of rotatable bonds is 1. The first kappa shape index (κ1) is 6.50. The summed E-state index contributed by atoms with van der Waals surface area (Å²) in [5, 5.41) is 10.3. The highest BCUT2D eigenvalue weighted by Gasteiger charge is 1.99. The molecule has 0 saturated carbocycles. The molecule has 4 heteroatoms. The number of hydrogen-bond donors (Lipinski definition) is 2. The number of carbonyl (C=O) groups excluding carboxylic acids is 1. The van der Waals surface area contributed by atoms with E-state index in [4.69, 9.17) is 5.21 Å². The first-order chi connectivity index (χ1) is 3.72. The average Bonchev–Trinajstić information content (AvgIpc) is 1.69. The lowest BCUT2D eigenvalue weighted by molar-refractivity contribution is -0.112. The molecule has 0 aromatic rings. The first-order valence-electron chi connectivity index (χ1n) is 1.71. The van der Waals surface area contributed by atoms with E-state index < -0.39 is 11.6 Å². The molecule has 0 aliphatic heterocycles. The maximum atomic E-state index is 9.95. The summed E-state index contributed by atoms with van der Waals surface area (Å²) < 4.78 is 0. The van der Waals surface area contributed by atoms with Crippen molar-refractivity contribution in [3.8, 4) is 12.3 Å². The fourth-order valence-corrected chi connectivity index (χ4v) is 0.149. The van der Waals surface area contributed by atoms with E-state index in [1.54, 1.807) is 5.92 Å². The number of amides is 1. The Morgan fingerprint density at radius 1 is 1.88 bits per heavy atom. The molecule has 0 aliphatic carbocycles. The van der Waals surface area contributed by atoms with Gasteiger partial charge in [-0.1, -0.05) is 5.16 Å². The third kappa shape index (κ3) is 1.30. The molecule has 8 heavy (non-hydrogen) atoms. The van der Waals surface area contributed by atoms with Crippen molar-refractivity contribution in [2.24, 2.45) is 10.9 Å². The minimum atomic E-state index is -0.907. The molecule has 0 aromatic carbocycles. The number of terminal acetylenes is 1. The van der Waals surface area contributed by atoms with Gasteiger partial charge in [-0.05, 0) is 5.92 Å². The average molecular weight is 112 g/mol. The second-order valence-electron chi connectivity index (χ2n) is 0.957. The molecule has 0 aliphatic rings. The van der Waals surface area contributed by atoms with Crippen molar-refractivity contribution in [3.05, 3.63) is 0 Å². The van der Waals surface area contributed by atoms with Crippen LogP contribution >= 0.6 is 0 Å². The van der Waals surface area contributed by atoms with Gasteiger partial charge in [-0.2, -0.15) is 0 Å². The van der Waals surface area contributed by atoms with Crippen LogP contribution in [0.3, 0.4) is 0 Å². The van der Waals surface area contributed by atoms with Crippen molar-refractivity contribution in [2.45, 2.75) is 0 Å². The fraction of sp³-hybridized carbons (Fsp3) is 0.